The third kappa shape index (κ3) is 4.29. The van der Waals surface area contributed by atoms with E-state index in [0.717, 1.165) is 0 Å². The maximum atomic E-state index is 10.0. The first-order valence-electron chi connectivity index (χ1n) is 5.72. The summed E-state index contributed by atoms with van der Waals surface area (Å²) in [5, 5.41) is 22.1. The molecule has 5 N–H and O–H groups in total. The van der Waals surface area contributed by atoms with Crippen LogP contribution in [0.3, 0.4) is 0 Å². The van der Waals surface area contributed by atoms with Crippen molar-refractivity contribution in [2.24, 2.45) is 0 Å². The van der Waals surface area contributed by atoms with E-state index in [1.807, 2.05) is 0 Å². The van der Waals surface area contributed by atoms with Crippen LogP contribution in [-0.2, 0) is 0 Å². The van der Waals surface area contributed by atoms with E-state index in [2.05, 4.69) is 15.3 Å². The van der Waals surface area contributed by atoms with Crippen molar-refractivity contribution in [2.45, 2.75) is 32.3 Å². The van der Waals surface area contributed by atoms with Gasteiger partial charge in [0.05, 0.1) is 11.3 Å². The number of aromatic nitrogens is 2. The van der Waals surface area contributed by atoms with E-state index in [4.69, 9.17) is 22.4 Å². The monoisotopic (exact) mass is 274 g/mol. The van der Waals surface area contributed by atoms with E-state index < -0.39 is 5.60 Å². The molecular weight excluding hydrogens is 256 g/mol. The van der Waals surface area contributed by atoms with Crippen LogP contribution in [0.5, 0.6) is 0 Å². The minimum atomic E-state index is -0.945. The lowest BCUT2D eigenvalue weighted by molar-refractivity contribution is 0.0565. The van der Waals surface area contributed by atoms with Gasteiger partial charge in [-0.1, -0.05) is 11.6 Å². The number of nitrogens with zero attached hydrogens (tertiary/aromatic N) is 2. The van der Waals surface area contributed by atoms with Crippen molar-refractivity contribution in [1.29, 1.82) is 0 Å². The van der Waals surface area contributed by atoms with Crippen LogP contribution in [0.25, 0.3) is 0 Å². The van der Waals surface area contributed by atoms with Gasteiger partial charge in [0.15, 0.2) is 5.82 Å². The van der Waals surface area contributed by atoms with Crippen LogP contribution in [0.1, 0.15) is 25.5 Å². The van der Waals surface area contributed by atoms with E-state index in [9.17, 15) is 5.11 Å². The molecule has 0 radical (unpaired) electrons. The van der Waals surface area contributed by atoms with Crippen molar-refractivity contribution in [3.8, 4) is 0 Å². The zero-order valence-corrected chi connectivity index (χ0v) is 11.3. The molecule has 1 unspecified atom stereocenters. The maximum Gasteiger partial charge on any atom is 0.222 e. The summed E-state index contributed by atoms with van der Waals surface area (Å²) >= 11 is 6.03. The molecule has 1 aromatic rings. The molecule has 0 bridgehead atoms. The standard InChI is InChI=1S/C11H19ClN4O2/c1-7-8(12)9(16-10(13)15-7)14-6-11(2,18)4-3-5-17/h17-18H,3-6H2,1-2H3,(H3,13,14,15,16). The molecule has 0 fully saturated rings. The predicted molar refractivity (Wildman–Crippen MR) is 71.6 cm³/mol. The lowest BCUT2D eigenvalue weighted by Gasteiger charge is -2.24. The normalized spacial score (nSPS) is 14.3. The summed E-state index contributed by atoms with van der Waals surface area (Å²) in [5.41, 5.74) is 5.17. The summed E-state index contributed by atoms with van der Waals surface area (Å²) in [4.78, 5) is 7.91. The maximum absolute atomic E-state index is 10.0. The summed E-state index contributed by atoms with van der Waals surface area (Å²) in [6, 6.07) is 0. The van der Waals surface area contributed by atoms with Crippen molar-refractivity contribution >= 4 is 23.4 Å². The van der Waals surface area contributed by atoms with Gasteiger partial charge in [0.25, 0.3) is 0 Å². The molecule has 0 aliphatic heterocycles. The fourth-order valence-corrected chi connectivity index (χ4v) is 1.67. The minimum Gasteiger partial charge on any atom is -0.396 e. The van der Waals surface area contributed by atoms with Crippen molar-refractivity contribution in [1.82, 2.24) is 9.97 Å². The van der Waals surface area contributed by atoms with Crippen LogP contribution in [0.15, 0.2) is 0 Å². The van der Waals surface area contributed by atoms with Crippen molar-refractivity contribution < 1.29 is 10.2 Å². The van der Waals surface area contributed by atoms with Crippen molar-refractivity contribution in [2.75, 3.05) is 24.2 Å². The third-order valence-corrected chi connectivity index (χ3v) is 3.00. The van der Waals surface area contributed by atoms with Gasteiger partial charge in [0, 0.05) is 13.2 Å². The fraction of sp³-hybridized carbons (Fsp3) is 0.636. The molecule has 6 nitrogen and oxygen atoms in total. The Kier molecular flexibility index (Phi) is 5.13. The number of aliphatic hydroxyl groups is 2. The van der Waals surface area contributed by atoms with Crippen LogP contribution < -0.4 is 11.1 Å². The van der Waals surface area contributed by atoms with Gasteiger partial charge in [-0.2, -0.15) is 4.98 Å². The van der Waals surface area contributed by atoms with Crippen LogP contribution in [-0.4, -0.2) is 38.9 Å². The highest BCUT2D eigenvalue weighted by Gasteiger charge is 2.20. The van der Waals surface area contributed by atoms with Gasteiger partial charge in [-0.25, -0.2) is 4.98 Å². The van der Waals surface area contributed by atoms with Gasteiger partial charge < -0.3 is 21.3 Å². The van der Waals surface area contributed by atoms with Gasteiger partial charge in [-0.3, -0.25) is 0 Å². The van der Waals surface area contributed by atoms with Gasteiger partial charge >= 0.3 is 0 Å². The van der Waals surface area contributed by atoms with E-state index in [-0.39, 0.29) is 19.1 Å². The molecule has 0 spiro atoms. The Labute approximate surface area is 111 Å². The Hall–Kier alpha value is -1.11. The number of halogens is 1. The second-order valence-corrected chi connectivity index (χ2v) is 4.89. The topological polar surface area (TPSA) is 104 Å². The molecule has 0 aromatic carbocycles. The minimum absolute atomic E-state index is 0.0521. The average Bonchev–Trinajstić information content (AvgIpc) is 2.29. The molecule has 0 saturated heterocycles. The number of hydrogen-bond acceptors (Lipinski definition) is 6. The summed E-state index contributed by atoms with van der Waals surface area (Å²) < 4.78 is 0. The van der Waals surface area contributed by atoms with Crippen LogP contribution >= 0.6 is 11.6 Å². The Morgan fingerprint density at radius 3 is 2.72 bits per heavy atom. The lowest BCUT2D eigenvalue weighted by atomic mass is 10.0. The molecule has 7 heteroatoms. The number of aliphatic hydroxyl groups excluding tert-OH is 1. The average molecular weight is 275 g/mol. The van der Waals surface area contributed by atoms with Gasteiger partial charge in [-0.15, -0.1) is 0 Å². The third-order valence-electron chi connectivity index (χ3n) is 2.54. The highest BCUT2D eigenvalue weighted by atomic mass is 35.5. The number of aryl methyl sites for hydroxylation is 1. The molecule has 0 amide bonds. The largest absolute Gasteiger partial charge is 0.396 e. The lowest BCUT2D eigenvalue weighted by Crippen LogP contribution is -2.34. The van der Waals surface area contributed by atoms with Crippen LogP contribution in [0.2, 0.25) is 5.02 Å². The number of nitrogen functional groups attached to an aromatic ring is 1. The van der Waals surface area contributed by atoms with E-state index >= 15 is 0 Å². The molecule has 0 aliphatic rings. The van der Waals surface area contributed by atoms with Crippen molar-refractivity contribution in [3.63, 3.8) is 0 Å². The van der Waals surface area contributed by atoms with Crippen LogP contribution in [0, 0.1) is 6.92 Å². The molecule has 1 atom stereocenters. The summed E-state index contributed by atoms with van der Waals surface area (Å²) in [6.45, 7) is 3.73. The Morgan fingerprint density at radius 2 is 2.11 bits per heavy atom. The number of anilines is 2. The molecule has 1 heterocycles. The summed E-state index contributed by atoms with van der Waals surface area (Å²) in [5.74, 6) is 0.542. The first-order valence-corrected chi connectivity index (χ1v) is 6.10. The van der Waals surface area contributed by atoms with E-state index in [1.165, 1.54) is 0 Å². The number of nitrogens with one attached hydrogen (secondary N) is 1. The SMILES string of the molecule is Cc1nc(N)nc(NCC(C)(O)CCCO)c1Cl. The van der Waals surface area contributed by atoms with Gasteiger partial charge in [-0.05, 0) is 26.7 Å². The summed E-state index contributed by atoms with van der Waals surface area (Å²) in [6.07, 6.45) is 1.01. The first kappa shape index (κ1) is 14.9. The molecule has 1 aromatic heterocycles. The second kappa shape index (κ2) is 6.17. The zero-order chi connectivity index (χ0) is 13.8. The van der Waals surface area contributed by atoms with Gasteiger partial charge in [0.2, 0.25) is 5.95 Å². The molecule has 1 rings (SSSR count). The number of hydrogen-bond donors (Lipinski definition) is 4. The van der Waals surface area contributed by atoms with Crippen molar-refractivity contribution in [3.05, 3.63) is 10.7 Å². The molecule has 0 saturated carbocycles. The Balaban J connectivity index is 2.68. The molecule has 18 heavy (non-hydrogen) atoms. The molecular formula is C11H19ClN4O2. The second-order valence-electron chi connectivity index (χ2n) is 4.51. The Morgan fingerprint density at radius 1 is 1.44 bits per heavy atom. The van der Waals surface area contributed by atoms with Gasteiger partial charge in [0.1, 0.15) is 5.02 Å². The molecule has 102 valence electrons. The Bertz CT molecular complexity index is 412. The number of rotatable bonds is 6. The zero-order valence-electron chi connectivity index (χ0n) is 10.6. The quantitative estimate of drug-likeness (QED) is 0.616. The highest BCUT2D eigenvalue weighted by molar-refractivity contribution is 6.33. The highest BCUT2D eigenvalue weighted by Crippen LogP contribution is 2.24. The van der Waals surface area contributed by atoms with Crippen LogP contribution in [0.4, 0.5) is 11.8 Å². The fourth-order valence-electron chi connectivity index (χ4n) is 1.52. The van der Waals surface area contributed by atoms with E-state index in [1.54, 1.807) is 13.8 Å². The number of nitrogens with two attached hydrogens (primary N) is 1. The first-order chi connectivity index (χ1) is 8.35. The van der Waals surface area contributed by atoms with E-state index in [0.29, 0.717) is 29.4 Å². The summed E-state index contributed by atoms with van der Waals surface area (Å²) in [7, 11) is 0. The predicted octanol–water partition coefficient (Wildman–Crippen LogP) is 0.956. The molecule has 0 aliphatic carbocycles. The smallest absolute Gasteiger partial charge is 0.222 e.